The quantitative estimate of drug-likeness (QED) is 0.590. The van der Waals surface area contributed by atoms with E-state index in [4.69, 9.17) is 4.98 Å². The number of imidazole rings is 1. The molecule has 0 radical (unpaired) electrons. The van der Waals surface area contributed by atoms with Gasteiger partial charge in [-0.25, -0.2) is 14.8 Å². The monoisotopic (exact) mass is 393 g/mol. The number of H-pyrrole nitrogens is 1. The lowest BCUT2D eigenvalue weighted by Crippen LogP contribution is -2.35. The number of phenols is 1. The Morgan fingerprint density at radius 1 is 1.31 bits per heavy atom. The third-order valence-corrected chi connectivity index (χ3v) is 5.22. The molecule has 1 aliphatic rings. The molecule has 4 rings (SSSR count). The largest absolute Gasteiger partial charge is 0.507 e. The van der Waals surface area contributed by atoms with Gasteiger partial charge in [-0.15, -0.1) is 0 Å². The fraction of sp³-hybridized carbons (Fsp3) is 0.333. The number of hydrogen-bond donors (Lipinski definition) is 3. The summed E-state index contributed by atoms with van der Waals surface area (Å²) in [7, 11) is 0. The van der Waals surface area contributed by atoms with E-state index >= 15 is 0 Å². The summed E-state index contributed by atoms with van der Waals surface area (Å²) in [6, 6.07) is 4.79. The van der Waals surface area contributed by atoms with Crippen molar-refractivity contribution in [3.05, 3.63) is 59.8 Å². The Morgan fingerprint density at radius 2 is 2.21 bits per heavy atom. The van der Waals surface area contributed by atoms with Crippen LogP contribution in [0.15, 0.2) is 43.0 Å². The second kappa shape index (κ2) is 8.40. The zero-order chi connectivity index (χ0) is 20.2. The molecule has 1 aliphatic heterocycles. The molecule has 1 fully saturated rings. The van der Waals surface area contributed by atoms with Crippen molar-refractivity contribution in [3.63, 3.8) is 0 Å². The van der Waals surface area contributed by atoms with E-state index in [9.17, 15) is 15.0 Å². The minimum Gasteiger partial charge on any atom is -0.507 e. The maximum absolute atomic E-state index is 11.2. The molecule has 3 N–H and O–H groups in total. The Labute approximate surface area is 168 Å². The van der Waals surface area contributed by atoms with Gasteiger partial charge in [0, 0.05) is 31.7 Å². The van der Waals surface area contributed by atoms with Crippen molar-refractivity contribution < 1.29 is 15.0 Å². The van der Waals surface area contributed by atoms with E-state index in [0.717, 1.165) is 49.3 Å². The molecule has 3 heterocycles. The molecule has 29 heavy (non-hydrogen) atoms. The summed E-state index contributed by atoms with van der Waals surface area (Å²) in [6.07, 6.45) is 10.0. The van der Waals surface area contributed by atoms with Crippen LogP contribution in [-0.2, 0) is 13.0 Å². The van der Waals surface area contributed by atoms with Crippen molar-refractivity contribution in [2.24, 2.45) is 5.92 Å². The van der Waals surface area contributed by atoms with Gasteiger partial charge >= 0.3 is 5.97 Å². The number of rotatable bonds is 6. The summed E-state index contributed by atoms with van der Waals surface area (Å²) in [5, 5.41) is 18.9. The van der Waals surface area contributed by atoms with Gasteiger partial charge in [-0.3, -0.25) is 9.88 Å². The number of hydrogen-bond acceptors (Lipinski definition) is 6. The minimum absolute atomic E-state index is 0.0546. The Kier molecular flexibility index (Phi) is 5.53. The molecule has 8 nitrogen and oxygen atoms in total. The highest BCUT2D eigenvalue weighted by Crippen LogP contribution is 2.24. The second-order valence-corrected chi connectivity index (χ2v) is 7.44. The van der Waals surface area contributed by atoms with Gasteiger partial charge in [0.2, 0.25) is 0 Å². The standard InChI is InChI=1S/C21H23N5O3/c27-19-4-3-15(9-17(19)21(28)29)13-26-7-1-2-14(12-26)8-16-10-22-11-18(25-16)20-23-5-6-24-20/h3-6,9-11,14,27H,1-2,7-8,12-13H2,(H,23,24)(H,28,29). The van der Waals surface area contributed by atoms with E-state index in [0.29, 0.717) is 18.3 Å². The minimum atomic E-state index is -1.11. The number of aromatic nitrogens is 4. The molecule has 8 heteroatoms. The van der Waals surface area contributed by atoms with Crippen molar-refractivity contribution in [1.29, 1.82) is 0 Å². The van der Waals surface area contributed by atoms with Crippen molar-refractivity contribution in [3.8, 4) is 17.3 Å². The van der Waals surface area contributed by atoms with Crippen LogP contribution in [0.25, 0.3) is 11.5 Å². The highest BCUT2D eigenvalue weighted by atomic mass is 16.4. The molecule has 1 atom stereocenters. The van der Waals surface area contributed by atoms with Crippen molar-refractivity contribution in [2.75, 3.05) is 13.1 Å². The van der Waals surface area contributed by atoms with Gasteiger partial charge in [-0.2, -0.15) is 0 Å². The van der Waals surface area contributed by atoms with Gasteiger partial charge in [0.05, 0.1) is 11.9 Å². The summed E-state index contributed by atoms with van der Waals surface area (Å²) in [5.74, 6) is -0.143. The van der Waals surface area contributed by atoms with Crippen LogP contribution < -0.4 is 0 Å². The molecule has 2 aromatic heterocycles. The molecule has 0 aliphatic carbocycles. The number of aromatic amines is 1. The van der Waals surface area contributed by atoms with Crippen LogP contribution in [-0.4, -0.2) is 54.1 Å². The molecule has 1 saturated heterocycles. The number of carboxylic acids is 1. The van der Waals surface area contributed by atoms with Gasteiger partial charge in [0.1, 0.15) is 17.0 Å². The normalized spacial score (nSPS) is 17.3. The molecule has 0 spiro atoms. The molecule has 0 amide bonds. The predicted octanol–water partition coefficient (Wildman–Crippen LogP) is 2.73. The van der Waals surface area contributed by atoms with E-state index in [2.05, 4.69) is 19.9 Å². The molecule has 3 aromatic rings. The first-order chi connectivity index (χ1) is 14.1. The number of nitrogens with one attached hydrogen (secondary N) is 1. The first kappa shape index (κ1) is 19.1. The molecule has 0 bridgehead atoms. The number of carbonyl (C=O) groups is 1. The van der Waals surface area contributed by atoms with Crippen LogP contribution in [0.2, 0.25) is 0 Å². The molecule has 1 unspecified atom stereocenters. The average molecular weight is 393 g/mol. The Bertz CT molecular complexity index is 990. The Balaban J connectivity index is 1.41. The Morgan fingerprint density at radius 3 is 3.00 bits per heavy atom. The maximum atomic E-state index is 11.2. The summed E-state index contributed by atoms with van der Waals surface area (Å²) >= 11 is 0. The highest BCUT2D eigenvalue weighted by Gasteiger charge is 2.22. The third-order valence-electron chi connectivity index (χ3n) is 5.22. The van der Waals surface area contributed by atoms with E-state index in [1.807, 2.05) is 6.20 Å². The van der Waals surface area contributed by atoms with Gasteiger partial charge in [0.15, 0.2) is 5.82 Å². The van der Waals surface area contributed by atoms with Crippen LogP contribution >= 0.6 is 0 Å². The van der Waals surface area contributed by atoms with Crippen molar-refractivity contribution in [1.82, 2.24) is 24.8 Å². The van der Waals surface area contributed by atoms with E-state index in [1.54, 1.807) is 30.7 Å². The lowest BCUT2D eigenvalue weighted by atomic mass is 9.93. The molecule has 150 valence electrons. The smallest absolute Gasteiger partial charge is 0.339 e. The number of likely N-dealkylation sites (tertiary alicyclic amines) is 1. The highest BCUT2D eigenvalue weighted by molar-refractivity contribution is 5.90. The van der Waals surface area contributed by atoms with Gasteiger partial charge in [0.25, 0.3) is 0 Å². The summed E-state index contributed by atoms with van der Waals surface area (Å²) in [5.41, 5.74) is 2.52. The summed E-state index contributed by atoms with van der Waals surface area (Å²) in [4.78, 5) is 29.9. The lowest BCUT2D eigenvalue weighted by Gasteiger charge is -2.32. The fourth-order valence-corrected chi connectivity index (χ4v) is 3.89. The molecule has 1 aromatic carbocycles. The molecule has 0 saturated carbocycles. The number of benzene rings is 1. The van der Waals surface area contributed by atoms with Gasteiger partial charge in [-0.1, -0.05) is 6.07 Å². The van der Waals surface area contributed by atoms with Gasteiger partial charge < -0.3 is 15.2 Å². The van der Waals surface area contributed by atoms with Crippen LogP contribution in [0.3, 0.4) is 0 Å². The number of piperidine rings is 1. The number of carboxylic acid groups (broad SMARTS) is 1. The molecular weight excluding hydrogens is 370 g/mol. The summed E-state index contributed by atoms with van der Waals surface area (Å²) < 4.78 is 0. The summed E-state index contributed by atoms with van der Waals surface area (Å²) in [6.45, 7) is 2.54. The lowest BCUT2D eigenvalue weighted by molar-refractivity contribution is 0.0693. The fourth-order valence-electron chi connectivity index (χ4n) is 3.89. The first-order valence-electron chi connectivity index (χ1n) is 9.66. The van der Waals surface area contributed by atoms with E-state index in [-0.39, 0.29) is 11.3 Å². The Hall–Kier alpha value is -3.26. The van der Waals surface area contributed by atoms with Crippen LogP contribution in [0.1, 0.15) is 34.5 Å². The van der Waals surface area contributed by atoms with Crippen LogP contribution in [0.4, 0.5) is 0 Å². The topological polar surface area (TPSA) is 115 Å². The SMILES string of the molecule is O=C(O)c1cc(CN2CCCC(Cc3cncc(-c4ncc[nH]4)n3)C2)ccc1O. The first-order valence-corrected chi connectivity index (χ1v) is 9.66. The third kappa shape index (κ3) is 4.60. The van der Waals surface area contributed by atoms with Crippen molar-refractivity contribution in [2.45, 2.75) is 25.8 Å². The van der Waals surface area contributed by atoms with Gasteiger partial charge in [-0.05, 0) is 49.4 Å². The second-order valence-electron chi connectivity index (χ2n) is 7.44. The number of nitrogens with zero attached hydrogens (tertiary/aromatic N) is 4. The molecular formula is C21H23N5O3. The maximum Gasteiger partial charge on any atom is 0.339 e. The van der Waals surface area contributed by atoms with Crippen LogP contribution in [0, 0.1) is 5.92 Å². The average Bonchev–Trinajstić information content (AvgIpc) is 3.25. The number of aromatic carboxylic acids is 1. The van der Waals surface area contributed by atoms with E-state index < -0.39 is 5.97 Å². The predicted molar refractivity (Wildman–Crippen MR) is 106 cm³/mol. The van der Waals surface area contributed by atoms with Crippen molar-refractivity contribution >= 4 is 5.97 Å². The number of aromatic hydroxyl groups is 1. The van der Waals surface area contributed by atoms with E-state index in [1.165, 1.54) is 6.07 Å². The van der Waals surface area contributed by atoms with Crippen LogP contribution in [0.5, 0.6) is 5.75 Å². The zero-order valence-electron chi connectivity index (χ0n) is 16.0. The zero-order valence-corrected chi connectivity index (χ0v) is 16.0.